The van der Waals surface area contributed by atoms with E-state index in [1.807, 2.05) is 31.2 Å². The predicted molar refractivity (Wildman–Crippen MR) is 111 cm³/mol. The Morgan fingerprint density at radius 2 is 1.71 bits per heavy atom. The molecule has 2 aromatic rings. The lowest BCUT2D eigenvalue weighted by Gasteiger charge is -2.13. The van der Waals surface area contributed by atoms with E-state index in [1.165, 1.54) is 12.7 Å². The van der Waals surface area contributed by atoms with Crippen LogP contribution in [0.25, 0.3) is 0 Å². The number of carbonyl (C=O) groups is 2. The van der Waals surface area contributed by atoms with Gasteiger partial charge in [0.25, 0.3) is 5.91 Å². The second kappa shape index (κ2) is 11.0. The van der Waals surface area contributed by atoms with E-state index < -0.39 is 0 Å². The van der Waals surface area contributed by atoms with E-state index >= 15 is 0 Å². The molecule has 0 heterocycles. The van der Waals surface area contributed by atoms with Gasteiger partial charge >= 0.3 is 0 Å². The van der Waals surface area contributed by atoms with Crippen LogP contribution in [0.2, 0.25) is 0 Å². The van der Waals surface area contributed by atoms with Crippen LogP contribution in [0.4, 0.5) is 11.4 Å². The molecular formula is C22H28N2O4. The van der Waals surface area contributed by atoms with E-state index in [0.29, 0.717) is 29.3 Å². The molecule has 0 fully saturated rings. The second-order valence-corrected chi connectivity index (χ2v) is 6.40. The molecule has 2 N–H and O–H groups in total. The topological polar surface area (TPSA) is 76.7 Å². The van der Waals surface area contributed by atoms with Crippen molar-refractivity contribution in [3.8, 4) is 11.5 Å². The monoisotopic (exact) mass is 384 g/mol. The first-order valence-electron chi connectivity index (χ1n) is 9.55. The summed E-state index contributed by atoms with van der Waals surface area (Å²) in [6.45, 7) is 4.03. The summed E-state index contributed by atoms with van der Waals surface area (Å²) in [5.41, 5.74) is 2.36. The Labute approximate surface area is 166 Å². The van der Waals surface area contributed by atoms with Crippen molar-refractivity contribution in [2.75, 3.05) is 24.4 Å². The summed E-state index contributed by atoms with van der Waals surface area (Å²) < 4.78 is 10.8. The first-order valence-corrected chi connectivity index (χ1v) is 9.55. The molecule has 0 aliphatic rings. The van der Waals surface area contributed by atoms with Gasteiger partial charge in [0.15, 0.2) is 6.61 Å². The summed E-state index contributed by atoms with van der Waals surface area (Å²) in [4.78, 5) is 24.1. The Kier molecular flexibility index (Phi) is 8.34. The number of rotatable bonds is 10. The number of aryl methyl sites for hydroxylation is 1. The summed E-state index contributed by atoms with van der Waals surface area (Å²) in [7, 11) is 1.52. The normalized spacial score (nSPS) is 10.2. The van der Waals surface area contributed by atoms with E-state index in [0.717, 1.165) is 19.3 Å². The van der Waals surface area contributed by atoms with Gasteiger partial charge in [-0.25, -0.2) is 0 Å². The van der Waals surface area contributed by atoms with E-state index in [2.05, 4.69) is 17.6 Å². The standard InChI is InChI=1S/C22H28N2O4/c1-4-6-7-21(25)24-19-13-10-17(14-20(19)27-3)23-22(26)15-28-18-11-8-16(5-2)9-12-18/h8-14H,4-7,15H2,1-3H3,(H,23,26)(H,24,25). The number of amides is 2. The van der Waals surface area contributed by atoms with Crippen LogP contribution in [0.1, 0.15) is 38.7 Å². The summed E-state index contributed by atoms with van der Waals surface area (Å²) in [6, 6.07) is 12.8. The number of methoxy groups -OCH3 is 1. The summed E-state index contributed by atoms with van der Waals surface area (Å²) in [5, 5.41) is 5.60. The maximum atomic E-state index is 12.1. The number of hydrogen-bond donors (Lipinski definition) is 2. The smallest absolute Gasteiger partial charge is 0.262 e. The van der Waals surface area contributed by atoms with Crippen molar-refractivity contribution in [3.63, 3.8) is 0 Å². The number of anilines is 2. The fourth-order valence-electron chi connectivity index (χ4n) is 2.59. The Morgan fingerprint density at radius 3 is 2.36 bits per heavy atom. The molecule has 0 radical (unpaired) electrons. The van der Waals surface area contributed by atoms with Crippen molar-refractivity contribution in [1.29, 1.82) is 0 Å². The Morgan fingerprint density at radius 1 is 0.964 bits per heavy atom. The SMILES string of the molecule is CCCCC(=O)Nc1ccc(NC(=O)COc2ccc(CC)cc2)cc1OC. The zero-order valence-corrected chi connectivity index (χ0v) is 16.7. The van der Waals surface area contributed by atoms with Crippen LogP contribution in [0.15, 0.2) is 42.5 Å². The lowest BCUT2D eigenvalue weighted by atomic mass is 10.2. The molecule has 150 valence electrons. The number of benzene rings is 2. The van der Waals surface area contributed by atoms with Gasteiger partial charge in [-0.3, -0.25) is 9.59 Å². The van der Waals surface area contributed by atoms with Gasteiger partial charge in [-0.2, -0.15) is 0 Å². The van der Waals surface area contributed by atoms with Crippen LogP contribution in [-0.2, 0) is 16.0 Å². The molecule has 6 heteroatoms. The van der Waals surface area contributed by atoms with Crippen LogP contribution in [0.5, 0.6) is 11.5 Å². The molecule has 0 spiro atoms. The van der Waals surface area contributed by atoms with Gasteiger partial charge in [0.05, 0.1) is 12.8 Å². The van der Waals surface area contributed by atoms with Crippen LogP contribution in [-0.4, -0.2) is 25.5 Å². The molecule has 0 saturated carbocycles. The third-order valence-corrected chi connectivity index (χ3v) is 4.22. The van der Waals surface area contributed by atoms with Crippen molar-refractivity contribution < 1.29 is 19.1 Å². The Bertz CT molecular complexity index is 788. The zero-order valence-electron chi connectivity index (χ0n) is 16.7. The Hall–Kier alpha value is -3.02. The highest BCUT2D eigenvalue weighted by Gasteiger charge is 2.10. The number of ether oxygens (including phenoxy) is 2. The van der Waals surface area contributed by atoms with Crippen molar-refractivity contribution in [1.82, 2.24) is 0 Å². The summed E-state index contributed by atoms with van der Waals surface area (Å²) >= 11 is 0. The van der Waals surface area contributed by atoms with Gasteiger partial charge in [-0.1, -0.05) is 32.4 Å². The van der Waals surface area contributed by atoms with Crippen molar-refractivity contribution in [2.45, 2.75) is 39.5 Å². The van der Waals surface area contributed by atoms with Crippen molar-refractivity contribution in [2.24, 2.45) is 0 Å². The fraction of sp³-hybridized carbons (Fsp3) is 0.364. The maximum absolute atomic E-state index is 12.1. The molecule has 28 heavy (non-hydrogen) atoms. The van der Waals surface area contributed by atoms with E-state index in [-0.39, 0.29) is 18.4 Å². The average Bonchev–Trinajstić information content (AvgIpc) is 2.72. The van der Waals surface area contributed by atoms with Crippen molar-refractivity contribution in [3.05, 3.63) is 48.0 Å². The highest BCUT2D eigenvalue weighted by Crippen LogP contribution is 2.28. The first kappa shape index (κ1) is 21.3. The molecule has 0 saturated heterocycles. The van der Waals surface area contributed by atoms with Gasteiger partial charge in [0.1, 0.15) is 11.5 Å². The third-order valence-electron chi connectivity index (χ3n) is 4.22. The highest BCUT2D eigenvalue weighted by molar-refractivity contribution is 5.95. The van der Waals surface area contributed by atoms with Crippen LogP contribution < -0.4 is 20.1 Å². The molecule has 2 aromatic carbocycles. The fourth-order valence-corrected chi connectivity index (χ4v) is 2.59. The summed E-state index contributed by atoms with van der Waals surface area (Å²) in [6.07, 6.45) is 3.22. The second-order valence-electron chi connectivity index (χ2n) is 6.40. The average molecular weight is 384 g/mol. The lowest BCUT2D eigenvalue weighted by Crippen LogP contribution is -2.20. The largest absolute Gasteiger partial charge is 0.494 e. The van der Waals surface area contributed by atoms with Gasteiger partial charge < -0.3 is 20.1 Å². The Balaban J connectivity index is 1.91. The van der Waals surface area contributed by atoms with Crippen LogP contribution in [0.3, 0.4) is 0 Å². The molecule has 0 aliphatic carbocycles. The predicted octanol–water partition coefficient (Wildman–Crippen LogP) is 4.40. The maximum Gasteiger partial charge on any atom is 0.262 e. The highest BCUT2D eigenvalue weighted by atomic mass is 16.5. The van der Waals surface area contributed by atoms with Crippen molar-refractivity contribution >= 4 is 23.2 Å². The van der Waals surface area contributed by atoms with E-state index in [1.54, 1.807) is 18.2 Å². The van der Waals surface area contributed by atoms with Gasteiger partial charge in [-0.15, -0.1) is 0 Å². The quantitative estimate of drug-likeness (QED) is 0.636. The van der Waals surface area contributed by atoms with E-state index in [9.17, 15) is 9.59 Å². The number of hydrogen-bond acceptors (Lipinski definition) is 4. The molecular weight excluding hydrogens is 356 g/mol. The zero-order chi connectivity index (χ0) is 20.4. The number of unbranched alkanes of at least 4 members (excludes halogenated alkanes) is 1. The molecule has 0 bridgehead atoms. The molecule has 0 unspecified atom stereocenters. The number of nitrogens with one attached hydrogen (secondary N) is 2. The van der Waals surface area contributed by atoms with Crippen LogP contribution in [0, 0.1) is 0 Å². The minimum absolute atomic E-state index is 0.0561. The molecule has 0 atom stereocenters. The molecule has 6 nitrogen and oxygen atoms in total. The minimum Gasteiger partial charge on any atom is -0.494 e. The van der Waals surface area contributed by atoms with Crippen LogP contribution >= 0.6 is 0 Å². The summed E-state index contributed by atoms with van der Waals surface area (Å²) in [5.74, 6) is 0.801. The molecule has 2 rings (SSSR count). The van der Waals surface area contributed by atoms with Gasteiger partial charge in [0, 0.05) is 18.2 Å². The molecule has 0 aromatic heterocycles. The first-order chi connectivity index (χ1) is 13.5. The molecule has 0 aliphatic heterocycles. The van der Waals surface area contributed by atoms with E-state index in [4.69, 9.17) is 9.47 Å². The third kappa shape index (κ3) is 6.61. The molecule has 2 amide bonds. The lowest BCUT2D eigenvalue weighted by molar-refractivity contribution is -0.118. The van der Waals surface area contributed by atoms with Gasteiger partial charge in [-0.05, 0) is 42.7 Å². The minimum atomic E-state index is -0.277. The van der Waals surface area contributed by atoms with Gasteiger partial charge in [0.2, 0.25) is 5.91 Å². The number of carbonyl (C=O) groups excluding carboxylic acids is 2.